The van der Waals surface area contributed by atoms with Crippen LogP contribution in [0.5, 0.6) is 5.75 Å². The minimum Gasteiger partial charge on any atom is -0.488 e. The Bertz CT molecular complexity index is 1140. The van der Waals surface area contributed by atoms with E-state index in [1.807, 2.05) is 0 Å². The van der Waals surface area contributed by atoms with Gasteiger partial charge in [-0.3, -0.25) is 4.79 Å². The van der Waals surface area contributed by atoms with Gasteiger partial charge in [-0.25, -0.2) is 9.18 Å². The fraction of sp³-hybridized carbons (Fsp3) is 0.238. The van der Waals surface area contributed by atoms with Crippen LogP contribution in [-0.2, 0) is 11.4 Å². The number of carboxylic acids is 1. The maximum atomic E-state index is 14.0. The predicted octanol–water partition coefficient (Wildman–Crippen LogP) is 5.08. The largest absolute Gasteiger partial charge is 0.488 e. The van der Waals surface area contributed by atoms with Crippen molar-refractivity contribution in [2.75, 3.05) is 0 Å². The van der Waals surface area contributed by atoms with Crippen molar-refractivity contribution in [3.05, 3.63) is 73.3 Å². The van der Waals surface area contributed by atoms with E-state index in [-0.39, 0.29) is 18.0 Å². The Balaban J connectivity index is 2.00. The monoisotopic (exact) mass is 448 g/mol. The number of aliphatic carboxylic acids is 1. The van der Waals surface area contributed by atoms with Crippen molar-refractivity contribution >= 4 is 32.9 Å². The standard InChI is InChI=1S/C21H18BrFO5/c1-10-15-6-7-17(27-9-13-4-5-14(22)8-16(13)23)11(2)19(15)28-21(26)18(10)12(3)20(24)25/h4-8,12H,9H2,1-3H3,(H,24,25). The molecule has 5 nitrogen and oxygen atoms in total. The Kier molecular flexibility index (Phi) is 5.56. The summed E-state index contributed by atoms with van der Waals surface area (Å²) in [4.78, 5) is 23.7. The van der Waals surface area contributed by atoms with Gasteiger partial charge in [0, 0.05) is 21.0 Å². The molecule has 7 heteroatoms. The molecule has 0 amide bonds. The van der Waals surface area contributed by atoms with Gasteiger partial charge in [-0.2, -0.15) is 0 Å². The average molecular weight is 449 g/mol. The van der Waals surface area contributed by atoms with Crippen molar-refractivity contribution in [2.24, 2.45) is 0 Å². The molecule has 0 bridgehead atoms. The van der Waals surface area contributed by atoms with Gasteiger partial charge in [-0.15, -0.1) is 0 Å². The average Bonchev–Trinajstić information content (AvgIpc) is 2.62. The smallest absolute Gasteiger partial charge is 0.340 e. The molecule has 1 aromatic heterocycles. The van der Waals surface area contributed by atoms with Crippen LogP contribution >= 0.6 is 15.9 Å². The van der Waals surface area contributed by atoms with Gasteiger partial charge < -0.3 is 14.3 Å². The number of fused-ring (bicyclic) bond motifs is 1. The van der Waals surface area contributed by atoms with Gasteiger partial charge in [0.05, 0.1) is 11.5 Å². The zero-order valence-electron chi connectivity index (χ0n) is 15.5. The first-order chi connectivity index (χ1) is 13.2. The third-order valence-corrected chi connectivity index (χ3v) is 5.27. The van der Waals surface area contributed by atoms with E-state index in [0.717, 1.165) is 0 Å². The van der Waals surface area contributed by atoms with Crippen LogP contribution in [0.1, 0.15) is 35.1 Å². The number of carbonyl (C=O) groups is 1. The summed E-state index contributed by atoms with van der Waals surface area (Å²) >= 11 is 3.21. The van der Waals surface area contributed by atoms with Crippen molar-refractivity contribution in [3.63, 3.8) is 0 Å². The second-order valence-electron chi connectivity index (χ2n) is 6.58. The first-order valence-electron chi connectivity index (χ1n) is 8.57. The second-order valence-corrected chi connectivity index (χ2v) is 7.49. The van der Waals surface area contributed by atoms with Crippen LogP contribution < -0.4 is 10.4 Å². The summed E-state index contributed by atoms with van der Waals surface area (Å²) in [7, 11) is 0. The van der Waals surface area contributed by atoms with Crippen LogP contribution in [-0.4, -0.2) is 11.1 Å². The SMILES string of the molecule is Cc1c(C(C)C(=O)O)c(=O)oc2c(C)c(OCc3ccc(Br)cc3F)ccc12. The Hall–Kier alpha value is -2.67. The van der Waals surface area contributed by atoms with E-state index in [9.17, 15) is 19.1 Å². The highest BCUT2D eigenvalue weighted by atomic mass is 79.9. The first-order valence-corrected chi connectivity index (χ1v) is 9.36. The molecule has 0 fully saturated rings. The lowest BCUT2D eigenvalue weighted by Gasteiger charge is -2.15. The first kappa shape index (κ1) is 20.1. The predicted molar refractivity (Wildman–Crippen MR) is 106 cm³/mol. The lowest BCUT2D eigenvalue weighted by atomic mass is 9.95. The number of carboxylic acid groups (broad SMARTS) is 1. The summed E-state index contributed by atoms with van der Waals surface area (Å²) in [6, 6.07) is 8.13. The molecule has 0 saturated heterocycles. The van der Waals surface area contributed by atoms with Crippen molar-refractivity contribution in [2.45, 2.75) is 33.3 Å². The normalized spacial score (nSPS) is 12.2. The van der Waals surface area contributed by atoms with Crippen LogP contribution in [0.2, 0.25) is 0 Å². The quantitative estimate of drug-likeness (QED) is 0.550. The van der Waals surface area contributed by atoms with Crippen LogP contribution in [0.25, 0.3) is 11.0 Å². The van der Waals surface area contributed by atoms with Crippen LogP contribution in [0, 0.1) is 19.7 Å². The molecule has 1 atom stereocenters. The Morgan fingerprint density at radius 3 is 2.61 bits per heavy atom. The molecule has 0 aliphatic rings. The van der Waals surface area contributed by atoms with Crippen LogP contribution in [0.4, 0.5) is 4.39 Å². The van der Waals surface area contributed by atoms with Gasteiger partial charge in [0.2, 0.25) is 0 Å². The fourth-order valence-corrected chi connectivity index (χ4v) is 3.46. The van der Waals surface area contributed by atoms with Gasteiger partial charge in [0.15, 0.2) is 0 Å². The lowest BCUT2D eigenvalue weighted by molar-refractivity contribution is -0.138. The highest BCUT2D eigenvalue weighted by Crippen LogP contribution is 2.32. The third kappa shape index (κ3) is 3.67. The molecule has 2 aromatic carbocycles. The molecule has 0 saturated carbocycles. The number of rotatable bonds is 5. The topological polar surface area (TPSA) is 76.7 Å². The summed E-state index contributed by atoms with van der Waals surface area (Å²) in [6.07, 6.45) is 0. The summed E-state index contributed by atoms with van der Waals surface area (Å²) in [6.45, 7) is 4.90. The van der Waals surface area contributed by atoms with Gasteiger partial charge in [0.1, 0.15) is 23.8 Å². The van der Waals surface area contributed by atoms with Crippen molar-refractivity contribution in [1.82, 2.24) is 0 Å². The second kappa shape index (κ2) is 7.75. The van der Waals surface area contributed by atoms with E-state index in [1.54, 1.807) is 38.1 Å². The van der Waals surface area contributed by atoms with E-state index < -0.39 is 17.5 Å². The highest BCUT2D eigenvalue weighted by molar-refractivity contribution is 9.10. The van der Waals surface area contributed by atoms with Crippen LogP contribution in [0.15, 0.2) is 44.0 Å². The van der Waals surface area contributed by atoms with Crippen molar-refractivity contribution in [3.8, 4) is 5.75 Å². The van der Waals surface area contributed by atoms with Crippen LogP contribution in [0.3, 0.4) is 0 Å². The number of aryl methyl sites for hydroxylation is 2. The molecule has 0 spiro atoms. The van der Waals surface area contributed by atoms with E-state index in [1.165, 1.54) is 13.0 Å². The summed E-state index contributed by atoms with van der Waals surface area (Å²) in [5, 5.41) is 9.88. The number of hydrogen-bond acceptors (Lipinski definition) is 4. The zero-order valence-corrected chi connectivity index (χ0v) is 17.1. The summed E-state index contributed by atoms with van der Waals surface area (Å²) in [5.41, 5.74) is 1.33. The minimum atomic E-state index is -1.09. The fourth-order valence-electron chi connectivity index (χ4n) is 3.12. The highest BCUT2D eigenvalue weighted by Gasteiger charge is 2.23. The third-order valence-electron chi connectivity index (χ3n) is 4.78. The van der Waals surface area contributed by atoms with E-state index in [0.29, 0.717) is 37.9 Å². The molecule has 0 radical (unpaired) electrons. The number of hydrogen-bond donors (Lipinski definition) is 1. The summed E-state index contributed by atoms with van der Waals surface area (Å²) < 4.78 is 25.8. The molecule has 3 rings (SSSR count). The Labute approximate surface area is 168 Å². The Morgan fingerprint density at radius 1 is 1.25 bits per heavy atom. The minimum absolute atomic E-state index is 0.0167. The molecular weight excluding hydrogens is 431 g/mol. The summed E-state index contributed by atoms with van der Waals surface area (Å²) in [5.74, 6) is -2.00. The molecule has 0 aliphatic heterocycles. The molecule has 1 heterocycles. The molecule has 146 valence electrons. The van der Waals surface area contributed by atoms with Gasteiger partial charge in [-0.1, -0.05) is 22.0 Å². The maximum Gasteiger partial charge on any atom is 0.340 e. The van der Waals surface area contributed by atoms with E-state index in [4.69, 9.17) is 9.15 Å². The van der Waals surface area contributed by atoms with Gasteiger partial charge >= 0.3 is 11.6 Å². The molecule has 3 aromatic rings. The maximum absolute atomic E-state index is 14.0. The molecular formula is C21H18BrFO5. The zero-order chi connectivity index (χ0) is 20.6. The van der Waals surface area contributed by atoms with Crippen molar-refractivity contribution < 1.29 is 23.4 Å². The van der Waals surface area contributed by atoms with E-state index in [2.05, 4.69) is 15.9 Å². The molecule has 28 heavy (non-hydrogen) atoms. The van der Waals surface area contributed by atoms with Crippen molar-refractivity contribution in [1.29, 1.82) is 0 Å². The number of benzene rings is 2. The number of halogens is 2. The van der Waals surface area contributed by atoms with E-state index >= 15 is 0 Å². The number of ether oxygens (including phenoxy) is 1. The Morgan fingerprint density at radius 2 is 1.96 bits per heavy atom. The van der Waals surface area contributed by atoms with Gasteiger partial charge in [0.25, 0.3) is 0 Å². The molecule has 1 unspecified atom stereocenters. The molecule has 1 N–H and O–H groups in total. The molecule has 0 aliphatic carbocycles. The van der Waals surface area contributed by atoms with Gasteiger partial charge in [-0.05, 0) is 50.6 Å². The lowest BCUT2D eigenvalue weighted by Crippen LogP contribution is -2.19.